The molecule has 0 aliphatic rings. The van der Waals surface area contributed by atoms with Gasteiger partial charge in [0, 0.05) is 7.05 Å². The van der Waals surface area contributed by atoms with Gasteiger partial charge in [0.25, 0.3) is 0 Å². The molecule has 0 amide bonds. The Hall–Kier alpha value is -0.510. The molecule has 0 heterocycles. The molecule has 0 spiro atoms. The van der Waals surface area contributed by atoms with Gasteiger partial charge in [-0.05, 0) is 5.92 Å². The summed E-state index contributed by atoms with van der Waals surface area (Å²) in [6.45, 7) is 1.97. The maximum atomic E-state index is 12.5. The smallest absolute Gasteiger partial charge is 0.203 e. The number of halogens is 6. The van der Waals surface area contributed by atoms with Crippen LogP contribution in [0.15, 0.2) is 0 Å². The molecule has 3 nitrogen and oxygen atoms in total. The maximum absolute atomic E-state index is 12.5. The van der Waals surface area contributed by atoms with Gasteiger partial charge in [0.15, 0.2) is 0 Å². The summed E-state index contributed by atoms with van der Waals surface area (Å²) in [4.78, 5) is 0. The molecule has 0 aromatic rings. The first kappa shape index (κ1) is 16.5. The molecule has 0 radical (unpaired) electrons. The highest BCUT2D eigenvalue weighted by molar-refractivity contribution is 7.90. The first-order valence-electron chi connectivity index (χ1n) is 4.34. The second kappa shape index (κ2) is 4.63. The molecule has 1 atom stereocenters. The van der Waals surface area contributed by atoms with Crippen molar-refractivity contribution >= 4 is 10.0 Å². The molecule has 10 heteroatoms. The van der Waals surface area contributed by atoms with Crippen molar-refractivity contribution in [2.45, 2.75) is 31.6 Å². The summed E-state index contributed by atoms with van der Waals surface area (Å²) in [5, 5.41) is 0. The topological polar surface area (TPSA) is 37.4 Å². The minimum absolute atomic E-state index is 0.265. The fraction of sp³-hybridized carbons (Fsp3) is 1.00. The Bertz CT molecular complexity index is 358. The number of hydrogen-bond acceptors (Lipinski definition) is 2. The molecule has 0 N–H and O–H groups in total. The van der Waals surface area contributed by atoms with E-state index in [4.69, 9.17) is 0 Å². The SMILES string of the molecule is CC(C)C(N(C)S(=O)(=O)C(F)(F)F)C(F)(F)F. The predicted octanol–water partition coefficient (Wildman–Crippen LogP) is 2.35. The number of rotatable bonds is 3. The Morgan fingerprint density at radius 3 is 1.53 bits per heavy atom. The zero-order valence-electron chi connectivity index (χ0n) is 9.09. The fourth-order valence-electron chi connectivity index (χ4n) is 1.32. The summed E-state index contributed by atoms with van der Waals surface area (Å²) in [5.74, 6) is -1.34. The van der Waals surface area contributed by atoms with E-state index >= 15 is 0 Å². The molecular formula is C7H11F6NO2S. The standard InChI is InChI=1S/C7H11F6NO2S/c1-4(2)5(6(8,9)10)14(3)17(15,16)7(11,12)13/h4-5H,1-3H3. The minimum Gasteiger partial charge on any atom is -0.203 e. The Kier molecular flexibility index (Phi) is 4.50. The lowest BCUT2D eigenvalue weighted by molar-refractivity contribution is -0.180. The van der Waals surface area contributed by atoms with E-state index in [1.165, 1.54) is 0 Å². The Labute approximate surface area is 94.4 Å². The van der Waals surface area contributed by atoms with E-state index in [1.807, 2.05) is 0 Å². The van der Waals surface area contributed by atoms with Crippen LogP contribution in [-0.4, -0.2) is 37.5 Å². The van der Waals surface area contributed by atoms with Crippen LogP contribution in [0.2, 0.25) is 0 Å². The van der Waals surface area contributed by atoms with Gasteiger partial charge in [0.2, 0.25) is 0 Å². The van der Waals surface area contributed by atoms with Gasteiger partial charge in [-0.25, -0.2) is 8.42 Å². The van der Waals surface area contributed by atoms with Gasteiger partial charge in [-0.1, -0.05) is 13.8 Å². The highest BCUT2D eigenvalue weighted by Crippen LogP contribution is 2.35. The van der Waals surface area contributed by atoms with E-state index in [-0.39, 0.29) is 7.05 Å². The van der Waals surface area contributed by atoms with E-state index in [1.54, 1.807) is 0 Å². The van der Waals surface area contributed by atoms with E-state index < -0.39 is 38.0 Å². The molecule has 0 aliphatic carbocycles. The predicted molar refractivity (Wildman–Crippen MR) is 47.4 cm³/mol. The van der Waals surface area contributed by atoms with E-state index in [9.17, 15) is 34.8 Å². The van der Waals surface area contributed by atoms with E-state index in [2.05, 4.69) is 0 Å². The molecule has 104 valence electrons. The van der Waals surface area contributed by atoms with Crippen molar-refractivity contribution in [2.24, 2.45) is 5.92 Å². The second-order valence-corrected chi connectivity index (χ2v) is 5.69. The van der Waals surface area contributed by atoms with Crippen molar-refractivity contribution in [1.29, 1.82) is 0 Å². The lowest BCUT2D eigenvalue weighted by Gasteiger charge is -2.32. The van der Waals surface area contributed by atoms with Gasteiger partial charge < -0.3 is 0 Å². The van der Waals surface area contributed by atoms with Crippen LogP contribution in [0.25, 0.3) is 0 Å². The largest absolute Gasteiger partial charge is 0.511 e. The average molecular weight is 287 g/mol. The number of sulfonamides is 1. The molecule has 0 saturated carbocycles. The molecule has 0 saturated heterocycles. The zero-order valence-corrected chi connectivity index (χ0v) is 9.91. The molecule has 0 bridgehead atoms. The van der Waals surface area contributed by atoms with Gasteiger partial charge >= 0.3 is 21.7 Å². The van der Waals surface area contributed by atoms with Crippen LogP contribution in [-0.2, 0) is 10.0 Å². The average Bonchev–Trinajstić information content (AvgIpc) is 1.97. The molecule has 0 aromatic heterocycles. The maximum Gasteiger partial charge on any atom is 0.511 e. The number of hydrogen-bond donors (Lipinski definition) is 0. The van der Waals surface area contributed by atoms with Crippen molar-refractivity contribution in [1.82, 2.24) is 4.31 Å². The molecule has 0 aliphatic heterocycles. The third kappa shape index (κ3) is 3.47. The minimum atomic E-state index is -5.99. The molecule has 17 heavy (non-hydrogen) atoms. The molecule has 1 unspecified atom stereocenters. The van der Waals surface area contributed by atoms with Crippen molar-refractivity contribution in [3.05, 3.63) is 0 Å². The van der Waals surface area contributed by atoms with Crippen LogP contribution in [0.1, 0.15) is 13.8 Å². The summed E-state index contributed by atoms with van der Waals surface area (Å²) >= 11 is 0. The van der Waals surface area contributed by atoms with Gasteiger partial charge in [-0.15, -0.1) is 0 Å². The van der Waals surface area contributed by atoms with Crippen molar-refractivity contribution in [3.63, 3.8) is 0 Å². The second-order valence-electron chi connectivity index (χ2n) is 3.70. The summed E-state index contributed by atoms with van der Waals surface area (Å²) < 4.78 is 94.7. The van der Waals surface area contributed by atoms with Crippen molar-refractivity contribution in [3.8, 4) is 0 Å². The summed E-state index contributed by atoms with van der Waals surface area (Å²) in [6.07, 6.45) is -5.07. The van der Waals surface area contributed by atoms with E-state index in [0.717, 1.165) is 13.8 Å². The third-order valence-corrected chi connectivity index (χ3v) is 3.60. The van der Waals surface area contributed by atoms with Crippen LogP contribution in [0.5, 0.6) is 0 Å². The van der Waals surface area contributed by atoms with Gasteiger partial charge in [0.1, 0.15) is 6.04 Å². The van der Waals surface area contributed by atoms with Gasteiger partial charge in [-0.2, -0.15) is 30.6 Å². The lowest BCUT2D eigenvalue weighted by Crippen LogP contribution is -2.52. The fourth-order valence-corrected chi connectivity index (χ4v) is 2.31. The highest BCUT2D eigenvalue weighted by Gasteiger charge is 2.56. The quantitative estimate of drug-likeness (QED) is 0.747. The molecular weight excluding hydrogens is 276 g/mol. The molecule has 0 fully saturated rings. The van der Waals surface area contributed by atoms with Crippen LogP contribution >= 0.6 is 0 Å². The Morgan fingerprint density at radius 2 is 1.35 bits per heavy atom. The number of nitrogens with zero attached hydrogens (tertiary/aromatic N) is 1. The summed E-state index contributed by atoms with van der Waals surface area (Å²) in [7, 11) is -5.73. The third-order valence-electron chi connectivity index (χ3n) is 2.03. The summed E-state index contributed by atoms with van der Waals surface area (Å²) in [5.41, 5.74) is -5.75. The molecule has 0 rings (SSSR count). The normalized spacial score (nSPS) is 16.6. The summed E-state index contributed by atoms with van der Waals surface area (Å²) in [6, 6.07) is -2.71. The highest BCUT2D eigenvalue weighted by atomic mass is 32.2. The number of alkyl halides is 6. The van der Waals surface area contributed by atoms with Crippen molar-refractivity contribution < 1.29 is 34.8 Å². The first-order valence-corrected chi connectivity index (χ1v) is 5.78. The van der Waals surface area contributed by atoms with Crippen LogP contribution in [0, 0.1) is 5.92 Å². The monoisotopic (exact) mass is 287 g/mol. The van der Waals surface area contributed by atoms with E-state index in [0.29, 0.717) is 0 Å². The lowest BCUT2D eigenvalue weighted by atomic mass is 10.0. The van der Waals surface area contributed by atoms with Crippen molar-refractivity contribution in [2.75, 3.05) is 7.05 Å². The van der Waals surface area contributed by atoms with Gasteiger partial charge in [0.05, 0.1) is 0 Å². The Balaban J connectivity index is 5.49. The van der Waals surface area contributed by atoms with Crippen LogP contribution in [0.4, 0.5) is 26.3 Å². The van der Waals surface area contributed by atoms with Crippen LogP contribution < -0.4 is 0 Å². The molecule has 0 aromatic carbocycles. The van der Waals surface area contributed by atoms with Gasteiger partial charge in [-0.3, -0.25) is 0 Å². The van der Waals surface area contributed by atoms with Crippen LogP contribution in [0.3, 0.4) is 0 Å². The first-order chi connectivity index (χ1) is 7.23. The zero-order chi connectivity index (χ0) is 14.2. The Morgan fingerprint density at radius 1 is 1.00 bits per heavy atom.